The minimum absolute atomic E-state index is 0.238. The van der Waals surface area contributed by atoms with Gasteiger partial charge >= 0.3 is 0 Å². The summed E-state index contributed by atoms with van der Waals surface area (Å²) in [5, 5.41) is 2.66. The molecule has 1 unspecified atom stereocenters. The fourth-order valence-corrected chi connectivity index (χ4v) is 9.98. The van der Waals surface area contributed by atoms with E-state index in [1.54, 1.807) is 7.11 Å². The molecule has 0 aliphatic carbocycles. The van der Waals surface area contributed by atoms with E-state index in [9.17, 15) is 0 Å². The van der Waals surface area contributed by atoms with E-state index in [1.165, 1.54) is 74.2 Å². The number of anilines is 1. The molecule has 3 heteroatoms. The SMILES string of the molecule is CCCCCN1C(=CC=CC2=[N+](CCCC)c3ccc4ccccc4c3C2(C)Cc2ccccc2)C(Cc2ccccc2)(Cc2ccccc2)c2cc(OC)ccc21. The zero-order valence-corrected chi connectivity index (χ0v) is 35.0. The van der Waals surface area contributed by atoms with Gasteiger partial charge in [-0.05, 0) is 96.0 Å². The number of unbranched alkanes of at least 4 members (excludes halogenated alkanes) is 3. The van der Waals surface area contributed by atoms with Crippen molar-refractivity contribution in [2.24, 2.45) is 0 Å². The molecule has 6 aromatic rings. The van der Waals surface area contributed by atoms with Crippen LogP contribution < -0.4 is 9.64 Å². The maximum absolute atomic E-state index is 5.97. The van der Waals surface area contributed by atoms with Crippen LogP contribution in [0.15, 0.2) is 170 Å². The molecule has 294 valence electrons. The third-order valence-corrected chi connectivity index (χ3v) is 12.7. The van der Waals surface area contributed by atoms with E-state index < -0.39 is 0 Å². The number of fused-ring (bicyclic) bond motifs is 4. The van der Waals surface area contributed by atoms with Crippen molar-refractivity contribution in [2.75, 3.05) is 25.1 Å². The lowest BCUT2D eigenvalue weighted by molar-refractivity contribution is -0.438. The Morgan fingerprint density at radius 1 is 0.655 bits per heavy atom. The largest absolute Gasteiger partial charge is 0.497 e. The maximum atomic E-state index is 5.97. The fraction of sp³-hybridized carbons (Fsp3) is 0.291. The van der Waals surface area contributed by atoms with Gasteiger partial charge in [0.2, 0.25) is 5.69 Å². The first-order valence-corrected chi connectivity index (χ1v) is 21.6. The van der Waals surface area contributed by atoms with Gasteiger partial charge in [0.1, 0.15) is 12.3 Å². The first kappa shape index (κ1) is 39.2. The van der Waals surface area contributed by atoms with Crippen molar-refractivity contribution < 1.29 is 9.31 Å². The first-order chi connectivity index (χ1) is 28.5. The van der Waals surface area contributed by atoms with Gasteiger partial charge in [0, 0.05) is 47.5 Å². The van der Waals surface area contributed by atoms with Crippen LogP contribution in [0.4, 0.5) is 11.4 Å². The Bertz CT molecular complexity index is 2390. The van der Waals surface area contributed by atoms with Gasteiger partial charge in [0.25, 0.3) is 0 Å². The minimum atomic E-state index is -0.322. The molecule has 0 saturated heterocycles. The van der Waals surface area contributed by atoms with Crippen LogP contribution in [0.1, 0.15) is 80.7 Å². The summed E-state index contributed by atoms with van der Waals surface area (Å²) in [6, 6.07) is 53.8. The third-order valence-electron chi connectivity index (χ3n) is 12.7. The molecular formula is C55H59N2O+. The Hall–Kier alpha value is -5.67. The van der Waals surface area contributed by atoms with E-state index >= 15 is 0 Å². The highest BCUT2D eigenvalue weighted by Gasteiger charge is 2.50. The van der Waals surface area contributed by atoms with Crippen molar-refractivity contribution in [3.8, 4) is 5.75 Å². The Morgan fingerprint density at radius 3 is 1.91 bits per heavy atom. The monoisotopic (exact) mass is 763 g/mol. The van der Waals surface area contributed by atoms with E-state index in [2.05, 4.69) is 194 Å². The highest BCUT2D eigenvalue weighted by molar-refractivity contribution is 6.08. The molecule has 0 aromatic heterocycles. The van der Waals surface area contributed by atoms with Crippen LogP contribution in [-0.2, 0) is 30.1 Å². The zero-order valence-electron chi connectivity index (χ0n) is 35.0. The second kappa shape index (κ2) is 17.4. The molecule has 2 aliphatic rings. The molecular weight excluding hydrogens is 705 g/mol. The average molecular weight is 764 g/mol. The van der Waals surface area contributed by atoms with Gasteiger partial charge in [0.05, 0.1) is 12.5 Å². The summed E-state index contributed by atoms with van der Waals surface area (Å²) in [7, 11) is 1.79. The number of allylic oxidation sites excluding steroid dienone is 4. The summed E-state index contributed by atoms with van der Waals surface area (Å²) < 4.78 is 8.62. The fourth-order valence-electron chi connectivity index (χ4n) is 9.98. The number of hydrogen-bond acceptors (Lipinski definition) is 2. The average Bonchev–Trinajstić information content (AvgIpc) is 3.64. The van der Waals surface area contributed by atoms with E-state index in [-0.39, 0.29) is 10.8 Å². The van der Waals surface area contributed by atoms with Gasteiger partial charge in [-0.25, -0.2) is 0 Å². The molecule has 2 heterocycles. The standard InChI is InChI=1S/C55H59N2O/c1-5-7-20-37-56-49-35-33-46(58-4)38-48(49)55(40-43-24-14-10-15-25-43,41-44-26-16-11-17-27-44)52(56)31-21-30-51-54(3,39-42-22-12-9-13-23-42)53-47-29-19-18-28-45(47)32-34-50(53)57(51)36-8-6-2/h9-19,21-35,38H,5-8,20,36-37,39-41H2,1-4H3/q+1. The van der Waals surface area contributed by atoms with Crippen molar-refractivity contribution in [2.45, 2.75) is 83.0 Å². The second-order valence-electron chi connectivity index (χ2n) is 16.6. The van der Waals surface area contributed by atoms with E-state index in [4.69, 9.17) is 4.74 Å². The van der Waals surface area contributed by atoms with Crippen molar-refractivity contribution in [1.29, 1.82) is 0 Å². The zero-order chi connectivity index (χ0) is 40.0. The van der Waals surface area contributed by atoms with Crippen LogP contribution in [0.3, 0.4) is 0 Å². The molecule has 58 heavy (non-hydrogen) atoms. The van der Waals surface area contributed by atoms with Crippen molar-refractivity contribution >= 4 is 27.9 Å². The minimum Gasteiger partial charge on any atom is -0.497 e. The Balaban J connectivity index is 1.34. The lowest BCUT2D eigenvalue weighted by Gasteiger charge is -2.35. The summed E-state index contributed by atoms with van der Waals surface area (Å²) in [6.07, 6.45) is 15.8. The van der Waals surface area contributed by atoms with Gasteiger partial charge in [0.15, 0.2) is 5.71 Å². The van der Waals surface area contributed by atoms with Crippen LogP contribution >= 0.6 is 0 Å². The maximum Gasteiger partial charge on any atom is 0.210 e. The van der Waals surface area contributed by atoms with Crippen LogP contribution in [-0.4, -0.2) is 30.5 Å². The number of benzene rings is 6. The van der Waals surface area contributed by atoms with Gasteiger partial charge in [-0.1, -0.05) is 154 Å². The highest BCUT2D eigenvalue weighted by atomic mass is 16.5. The normalized spacial score (nSPS) is 17.7. The lowest BCUT2D eigenvalue weighted by Crippen LogP contribution is -2.36. The molecule has 2 aliphatic heterocycles. The Morgan fingerprint density at radius 2 is 1.28 bits per heavy atom. The molecule has 0 spiro atoms. The van der Waals surface area contributed by atoms with Crippen molar-refractivity contribution in [3.05, 3.63) is 197 Å². The molecule has 8 rings (SSSR count). The summed E-state index contributed by atoms with van der Waals surface area (Å²) >= 11 is 0. The molecule has 0 radical (unpaired) electrons. The molecule has 0 amide bonds. The van der Waals surface area contributed by atoms with E-state index in [0.717, 1.165) is 57.4 Å². The summed E-state index contributed by atoms with van der Waals surface area (Å²) in [5.41, 5.74) is 11.7. The Kier molecular flexibility index (Phi) is 11.8. The molecule has 6 aromatic carbocycles. The van der Waals surface area contributed by atoms with Crippen LogP contribution in [0, 0.1) is 0 Å². The van der Waals surface area contributed by atoms with Crippen LogP contribution in [0.5, 0.6) is 5.75 Å². The quantitative estimate of drug-likeness (QED) is 0.0721. The Labute approximate surface area is 347 Å². The molecule has 0 saturated carbocycles. The number of hydrogen-bond donors (Lipinski definition) is 0. The molecule has 3 nitrogen and oxygen atoms in total. The predicted molar refractivity (Wildman–Crippen MR) is 245 cm³/mol. The van der Waals surface area contributed by atoms with Gasteiger partial charge in [-0.2, -0.15) is 4.58 Å². The third kappa shape index (κ3) is 7.55. The molecule has 0 bridgehead atoms. The van der Waals surface area contributed by atoms with Gasteiger partial charge in [-0.15, -0.1) is 0 Å². The molecule has 0 fully saturated rings. The first-order valence-electron chi connectivity index (χ1n) is 21.6. The van der Waals surface area contributed by atoms with Gasteiger partial charge in [-0.3, -0.25) is 0 Å². The lowest BCUT2D eigenvalue weighted by atomic mass is 9.70. The number of nitrogens with zero attached hydrogens (tertiary/aromatic N) is 2. The topological polar surface area (TPSA) is 15.5 Å². The summed E-state index contributed by atoms with van der Waals surface area (Å²) in [4.78, 5) is 2.65. The van der Waals surface area contributed by atoms with Crippen LogP contribution in [0.2, 0.25) is 0 Å². The number of rotatable bonds is 16. The smallest absolute Gasteiger partial charge is 0.210 e. The predicted octanol–water partition coefficient (Wildman–Crippen LogP) is 13.1. The number of ether oxygens (including phenoxy) is 1. The van der Waals surface area contributed by atoms with Crippen molar-refractivity contribution in [1.82, 2.24) is 0 Å². The summed E-state index contributed by atoms with van der Waals surface area (Å²) in [6.45, 7) is 9.06. The number of methoxy groups -OCH3 is 1. The van der Waals surface area contributed by atoms with Crippen molar-refractivity contribution in [3.63, 3.8) is 0 Å². The molecule has 0 N–H and O–H groups in total. The van der Waals surface area contributed by atoms with Crippen LogP contribution in [0.25, 0.3) is 10.8 Å². The van der Waals surface area contributed by atoms with Gasteiger partial charge < -0.3 is 9.64 Å². The second-order valence-corrected chi connectivity index (χ2v) is 16.6. The van der Waals surface area contributed by atoms with E-state index in [1.807, 2.05) is 0 Å². The molecule has 1 atom stereocenters. The van der Waals surface area contributed by atoms with E-state index in [0.29, 0.717) is 0 Å². The summed E-state index contributed by atoms with van der Waals surface area (Å²) in [5.74, 6) is 0.907. The highest BCUT2D eigenvalue weighted by Crippen LogP contribution is 2.53.